The van der Waals surface area contributed by atoms with Crippen molar-refractivity contribution in [3.8, 4) is 5.75 Å². The fourth-order valence-electron chi connectivity index (χ4n) is 4.11. The molecule has 0 unspecified atom stereocenters. The van der Waals surface area contributed by atoms with Crippen LogP contribution < -0.4 is 10.1 Å². The van der Waals surface area contributed by atoms with Crippen molar-refractivity contribution in [3.05, 3.63) is 97.4 Å². The van der Waals surface area contributed by atoms with Crippen LogP contribution in [0, 0.1) is 0 Å². The SMILES string of the molecule is Clc1ccc2c(c1)C1=C([C@H](c3cccs3)n3ncnc3N1)[C@@H](c1cccc(Br)c1)O2. The third-order valence-electron chi connectivity index (χ3n) is 5.34. The van der Waals surface area contributed by atoms with Crippen molar-refractivity contribution in [2.45, 2.75) is 12.1 Å². The van der Waals surface area contributed by atoms with Gasteiger partial charge in [0.1, 0.15) is 24.2 Å². The van der Waals surface area contributed by atoms with Gasteiger partial charge in [0.25, 0.3) is 0 Å². The van der Waals surface area contributed by atoms with Crippen molar-refractivity contribution < 1.29 is 4.74 Å². The first-order valence-electron chi connectivity index (χ1n) is 9.35. The first-order valence-corrected chi connectivity index (χ1v) is 11.4. The molecule has 2 aliphatic heterocycles. The van der Waals surface area contributed by atoms with E-state index in [4.69, 9.17) is 16.3 Å². The van der Waals surface area contributed by atoms with Gasteiger partial charge in [-0.3, -0.25) is 0 Å². The molecule has 0 amide bonds. The molecular formula is C22H14BrClN4OS. The van der Waals surface area contributed by atoms with E-state index in [0.29, 0.717) is 11.0 Å². The molecule has 0 radical (unpaired) electrons. The molecule has 1 N–H and O–H groups in total. The highest BCUT2D eigenvalue weighted by Crippen LogP contribution is 2.51. The third kappa shape index (κ3) is 2.80. The number of halogens is 2. The Balaban J connectivity index is 1.65. The molecule has 148 valence electrons. The van der Waals surface area contributed by atoms with Gasteiger partial charge in [0.15, 0.2) is 0 Å². The Morgan fingerprint density at radius 3 is 2.90 bits per heavy atom. The Morgan fingerprint density at radius 1 is 1.13 bits per heavy atom. The second-order valence-electron chi connectivity index (χ2n) is 7.09. The molecule has 4 aromatic rings. The number of nitrogens with zero attached hydrogens (tertiary/aromatic N) is 3. The van der Waals surface area contributed by atoms with Crippen molar-refractivity contribution >= 4 is 50.5 Å². The van der Waals surface area contributed by atoms with E-state index < -0.39 is 0 Å². The van der Waals surface area contributed by atoms with Gasteiger partial charge in [0.05, 0.1) is 5.70 Å². The number of nitrogens with one attached hydrogen (secondary N) is 1. The molecule has 2 aromatic heterocycles. The Labute approximate surface area is 190 Å². The van der Waals surface area contributed by atoms with Gasteiger partial charge < -0.3 is 10.1 Å². The lowest BCUT2D eigenvalue weighted by molar-refractivity contribution is 0.223. The van der Waals surface area contributed by atoms with Crippen molar-refractivity contribution in [3.63, 3.8) is 0 Å². The molecule has 0 aliphatic carbocycles. The highest BCUT2D eigenvalue weighted by atomic mass is 79.9. The van der Waals surface area contributed by atoms with Crippen LogP contribution in [0.25, 0.3) is 5.70 Å². The summed E-state index contributed by atoms with van der Waals surface area (Å²) in [5.74, 6) is 1.49. The summed E-state index contributed by atoms with van der Waals surface area (Å²) in [5, 5.41) is 10.8. The van der Waals surface area contributed by atoms with Gasteiger partial charge in [0, 0.05) is 25.5 Å². The van der Waals surface area contributed by atoms with E-state index in [0.717, 1.165) is 32.6 Å². The maximum absolute atomic E-state index is 6.58. The van der Waals surface area contributed by atoms with E-state index in [1.807, 2.05) is 35.0 Å². The molecule has 2 atom stereocenters. The lowest BCUT2D eigenvalue weighted by Crippen LogP contribution is -2.32. The summed E-state index contributed by atoms with van der Waals surface area (Å²) in [6.07, 6.45) is 1.29. The molecule has 0 saturated heterocycles. The number of anilines is 1. The zero-order chi connectivity index (χ0) is 20.2. The summed E-state index contributed by atoms with van der Waals surface area (Å²) in [4.78, 5) is 5.62. The number of fused-ring (bicyclic) bond motifs is 3. The summed E-state index contributed by atoms with van der Waals surface area (Å²) < 4.78 is 9.51. The first kappa shape index (κ1) is 18.2. The predicted octanol–water partition coefficient (Wildman–Crippen LogP) is 6.32. The molecule has 0 bridgehead atoms. The smallest absolute Gasteiger partial charge is 0.226 e. The van der Waals surface area contributed by atoms with Crippen LogP contribution in [0.4, 0.5) is 5.95 Å². The van der Waals surface area contributed by atoms with E-state index in [2.05, 4.69) is 61.0 Å². The average Bonchev–Trinajstić information content (AvgIpc) is 3.44. The molecule has 2 aliphatic rings. The van der Waals surface area contributed by atoms with Crippen LogP contribution in [0.1, 0.15) is 28.1 Å². The summed E-state index contributed by atoms with van der Waals surface area (Å²) in [7, 11) is 0. The van der Waals surface area contributed by atoms with Crippen LogP contribution in [0.15, 0.2) is 76.4 Å². The van der Waals surface area contributed by atoms with Gasteiger partial charge in [-0.15, -0.1) is 11.3 Å². The third-order valence-corrected chi connectivity index (χ3v) is 6.99. The fourth-order valence-corrected chi connectivity index (χ4v) is 5.52. The van der Waals surface area contributed by atoms with Gasteiger partial charge in [-0.1, -0.05) is 45.7 Å². The maximum atomic E-state index is 6.58. The van der Waals surface area contributed by atoms with Gasteiger partial charge in [-0.25, -0.2) is 4.68 Å². The van der Waals surface area contributed by atoms with Crippen LogP contribution in [0.2, 0.25) is 5.02 Å². The predicted molar refractivity (Wildman–Crippen MR) is 122 cm³/mol. The highest BCUT2D eigenvalue weighted by molar-refractivity contribution is 9.10. The largest absolute Gasteiger partial charge is 0.480 e. The van der Waals surface area contributed by atoms with Crippen molar-refractivity contribution in [1.29, 1.82) is 0 Å². The quantitative estimate of drug-likeness (QED) is 0.352. The lowest BCUT2D eigenvalue weighted by atomic mass is 9.87. The summed E-state index contributed by atoms with van der Waals surface area (Å²) in [6.45, 7) is 0. The number of aromatic nitrogens is 3. The normalized spacial score (nSPS) is 19.4. The molecule has 0 saturated carbocycles. The van der Waals surface area contributed by atoms with E-state index >= 15 is 0 Å². The zero-order valence-corrected chi connectivity index (χ0v) is 18.6. The Kier molecular flexibility index (Phi) is 4.23. The molecule has 0 fully saturated rings. The number of rotatable bonds is 2. The molecule has 4 heterocycles. The number of ether oxygens (including phenoxy) is 1. The summed E-state index contributed by atoms with van der Waals surface area (Å²) in [6, 6.07) is 18.0. The highest BCUT2D eigenvalue weighted by Gasteiger charge is 2.41. The van der Waals surface area contributed by atoms with Gasteiger partial charge >= 0.3 is 0 Å². The van der Waals surface area contributed by atoms with E-state index in [9.17, 15) is 0 Å². The summed E-state index contributed by atoms with van der Waals surface area (Å²) in [5.41, 5.74) is 4.05. The first-order chi connectivity index (χ1) is 14.7. The molecule has 6 rings (SSSR count). The topological polar surface area (TPSA) is 52.0 Å². The van der Waals surface area contributed by atoms with E-state index in [-0.39, 0.29) is 12.1 Å². The lowest BCUT2D eigenvalue weighted by Gasteiger charge is -2.38. The van der Waals surface area contributed by atoms with Gasteiger partial charge in [0.2, 0.25) is 5.95 Å². The van der Waals surface area contributed by atoms with Crippen LogP contribution in [0.5, 0.6) is 5.75 Å². The number of thiophene rings is 1. The molecule has 2 aromatic carbocycles. The van der Waals surface area contributed by atoms with Crippen LogP contribution in [-0.4, -0.2) is 14.8 Å². The van der Waals surface area contributed by atoms with Crippen LogP contribution >= 0.6 is 38.9 Å². The minimum Gasteiger partial charge on any atom is -0.480 e. The second kappa shape index (κ2) is 6.97. The number of hydrogen-bond acceptors (Lipinski definition) is 5. The fraction of sp³-hybridized carbons (Fsp3) is 0.0909. The van der Waals surface area contributed by atoms with Crippen LogP contribution in [-0.2, 0) is 0 Å². The Morgan fingerprint density at radius 2 is 2.07 bits per heavy atom. The van der Waals surface area contributed by atoms with Crippen molar-refractivity contribution in [1.82, 2.24) is 14.8 Å². The van der Waals surface area contributed by atoms with Crippen molar-refractivity contribution in [2.24, 2.45) is 0 Å². The number of benzene rings is 2. The van der Waals surface area contributed by atoms with Crippen molar-refractivity contribution in [2.75, 3.05) is 5.32 Å². The maximum Gasteiger partial charge on any atom is 0.226 e. The monoisotopic (exact) mass is 496 g/mol. The van der Waals surface area contributed by atoms with Gasteiger partial charge in [-0.05, 0) is 47.3 Å². The molecule has 8 heteroatoms. The minimum atomic E-state index is -0.289. The molecular weight excluding hydrogens is 484 g/mol. The zero-order valence-electron chi connectivity index (χ0n) is 15.4. The van der Waals surface area contributed by atoms with Crippen LogP contribution in [0.3, 0.4) is 0 Å². The summed E-state index contributed by atoms with van der Waals surface area (Å²) >= 11 is 11.7. The second-order valence-corrected chi connectivity index (χ2v) is 9.43. The minimum absolute atomic E-state index is 0.130. The molecule has 30 heavy (non-hydrogen) atoms. The van der Waals surface area contributed by atoms with Gasteiger partial charge in [-0.2, -0.15) is 10.1 Å². The van der Waals surface area contributed by atoms with E-state index in [1.54, 1.807) is 17.7 Å². The van der Waals surface area contributed by atoms with E-state index in [1.165, 1.54) is 4.88 Å². The molecule has 5 nitrogen and oxygen atoms in total. The average molecular weight is 498 g/mol. The Bertz CT molecular complexity index is 1300. The standard InChI is InChI=1S/C22H14BrClN4OS/c23-13-4-1-3-12(9-13)21-18-19(15-10-14(24)6-7-16(15)29-21)27-22-25-11-26-28(22)20(18)17-5-2-8-30-17/h1-11,20-21H,(H,25,26,27)/t20-,21+/m0/s1. The Hall–Kier alpha value is -2.61. The molecule has 0 spiro atoms. The number of hydrogen-bond donors (Lipinski definition) is 1.